The van der Waals surface area contributed by atoms with Gasteiger partial charge in [0.15, 0.2) is 0 Å². The smallest absolute Gasteiger partial charge is 0.322 e. The number of anilines is 2. The second kappa shape index (κ2) is 9.25. The molecule has 0 aliphatic rings. The molecule has 4 rings (SSSR count). The van der Waals surface area contributed by atoms with Gasteiger partial charge in [0.05, 0.1) is 17.0 Å². The van der Waals surface area contributed by atoms with Gasteiger partial charge in [-0.2, -0.15) is 0 Å². The third-order valence-corrected chi connectivity index (χ3v) is 6.86. The highest BCUT2D eigenvalue weighted by molar-refractivity contribution is 7.92. The van der Waals surface area contributed by atoms with Crippen LogP contribution in [0.25, 0.3) is 0 Å². The molecule has 0 saturated carbocycles. The quantitative estimate of drug-likeness (QED) is 0.444. The Morgan fingerprint density at radius 1 is 0.939 bits per heavy atom. The Bertz CT molecular complexity index is 1350. The number of hydrogen-bond acceptors (Lipinski definition) is 6. The molecule has 0 fully saturated rings. The van der Waals surface area contributed by atoms with Gasteiger partial charge in [0.25, 0.3) is 15.9 Å². The topological polar surface area (TPSA) is 105 Å². The SMILES string of the molecule is Cc1ccc(Cc2nnc(NC(=O)c3ccc(S(=O)(=O)N(C)c4ccccc4)cc3)o2)cc1. The summed E-state index contributed by atoms with van der Waals surface area (Å²) in [5, 5.41) is 10.4. The molecule has 8 nitrogen and oxygen atoms in total. The van der Waals surface area contributed by atoms with Gasteiger partial charge in [-0.1, -0.05) is 53.1 Å². The van der Waals surface area contributed by atoms with E-state index in [1.54, 1.807) is 24.3 Å². The van der Waals surface area contributed by atoms with E-state index in [0.717, 1.165) is 11.1 Å². The zero-order valence-corrected chi connectivity index (χ0v) is 18.9. The van der Waals surface area contributed by atoms with E-state index in [1.807, 2.05) is 37.3 Å². The molecule has 4 aromatic rings. The normalized spacial score (nSPS) is 11.2. The maximum Gasteiger partial charge on any atom is 0.322 e. The van der Waals surface area contributed by atoms with Crippen LogP contribution < -0.4 is 9.62 Å². The third kappa shape index (κ3) is 5.09. The number of sulfonamides is 1. The summed E-state index contributed by atoms with van der Waals surface area (Å²) in [6.07, 6.45) is 0.449. The minimum Gasteiger partial charge on any atom is -0.407 e. The number of aryl methyl sites for hydroxylation is 1. The van der Waals surface area contributed by atoms with Crippen LogP contribution in [0.1, 0.15) is 27.4 Å². The molecule has 0 atom stereocenters. The zero-order valence-electron chi connectivity index (χ0n) is 18.1. The molecule has 1 heterocycles. The lowest BCUT2D eigenvalue weighted by Crippen LogP contribution is -2.26. The Labute approximate surface area is 191 Å². The summed E-state index contributed by atoms with van der Waals surface area (Å²) in [5.41, 5.74) is 2.97. The maximum absolute atomic E-state index is 12.9. The average Bonchev–Trinajstić information content (AvgIpc) is 3.27. The first-order valence-corrected chi connectivity index (χ1v) is 11.6. The predicted molar refractivity (Wildman–Crippen MR) is 125 cm³/mol. The van der Waals surface area contributed by atoms with Crippen LogP contribution in [0.3, 0.4) is 0 Å². The van der Waals surface area contributed by atoms with E-state index in [4.69, 9.17) is 4.42 Å². The van der Waals surface area contributed by atoms with Gasteiger partial charge in [0.2, 0.25) is 5.89 Å². The van der Waals surface area contributed by atoms with Crippen LogP contribution >= 0.6 is 0 Å². The van der Waals surface area contributed by atoms with E-state index >= 15 is 0 Å². The molecule has 0 saturated heterocycles. The molecule has 0 radical (unpaired) electrons. The largest absolute Gasteiger partial charge is 0.407 e. The van der Waals surface area contributed by atoms with Crippen molar-refractivity contribution in [3.63, 3.8) is 0 Å². The molecule has 9 heteroatoms. The molecule has 33 heavy (non-hydrogen) atoms. The molecule has 1 aromatic heterocycles. The average molecular weight is 463 g/mol. The molecule has 0 spiro atoms. The lowest BCUT2D eigenvalue weighted by atomic mass is 10.1. The number of para-hydroxylation sites is 1. The second-order valence-corrected chi connectivity index (χ2v) is 9.42. The third-order valence-electron chi connectivity index (χ3n) is 5.06. The van der Waals surface area contributed by atoms with Gasteiger partial charge in [0, 0.05) is 12.6 Å². The fourth-order valence-electron chi connectivity index (χ4n) is 3.14. The van der Waals surface area contributed by atoms with Crippen LogP contribution in [0.5, 0.6) is 0 Å². The lowest BCUT2D eigenvalue weighted by molar-refractivity contribution is 0.102. The van der Waals surface area contributed by atoms with E-state index in [9.17, 15) is 13.2 Å². The molecule has 0 aliphatic heterocycles. The van der Waals surface area contributed by atoms with Gasteiger partial charge >= 0.3 is 6.01 Å². The van der Waals surface area contributed by atoms with E-state index in [2.05, 4.69) is 15.5 Å². The molecule has 1 amide bonds. The summed E-state index contributed by atoms with van der Waals surface area (Å²) in [6, 6.07) is 22.3. The van der Waals surface area contributed by atoms with Gasteiger partial charge < -0.3 is 4.42 Å². The minimum absolute atomic E-state index is 0.0254. The fraction of sp³-hybridized carbons (Fsp3) is 0.125. The van der Waals surface area contributed by atoms with Gasteiger partial charge in [-0.15, -0.1) is 5.10 Å². The molecular weight excluding hydrogens is 440 g/mol. The van der Waals surface area contributed by atoms with E-state index < -0.39 is 15.9 Å². The minimum atomic E-state index is -3.76. The second-order valence-electron chi connectivity index (χ2n) is 7.45. The molecule has 3 aromatic carbocycles. The predicted octanol–water partition coefficient (Wildman–Crippen LogP) is 4.05. The number of hydrogen-bond donors (Lipinski definition) is 1. The Morgan fingerprint density at radius 3 is 2.27 bits per heavy atom. The fourth-order valence-corrected chi connectivity index (χ4v) is 4.33. The summed E-state index contributed by atoms with van der Waals surface area (Å²) in [4.78, 5) is 12.6. The van der Waals surface area contributed by atoms with Crippen molar-refractivity contribution in [1.82, 2.24) is 10.2 Å². The number of carbonyl (C=O) groups excluding carboxylic acids is 1. The Kier molecular flexibility index (Phi) is 6.23. The highest BCUT2D eigenvalue weighted by Gasteiger charge is 2.22. The summed E-state index contributed by atoms with van der Waals surface area (Å²) < 4.78 is 32.4. The number of aromatic nitrogens is 2. The number of rotatable bonds is 7. The van der Waals surface area contributed by atoms with Crippen molar-refractivity contribution in [3.8, 4) is 0 Å². The Balaban J connectivity index is 1.42. The maximum atomic E-state index is 12.9. The van der Waals surface area contributed by atoms with Crippen LogP contribution in [0, 0.1) is 6.92 Å². The van der Waals surface area contributed by atoms with Crippen LogP contribution in [0.2, 0.25) is 0 Å². The van der Waals surface area contributed by atoms with Crippen molar-refractivity contribution >= 4 is 27.6 Å². The summed E-state index contributed by atoms with van der Waals surface area (Å²) >= 11 is 0. The van der Waals surface area contributed by atoms with Crippen molar-refractivity contribution in [1.29, 1.82) is 0 Å². The number of amides is 1. The number of nitrogens with zero attached hydrogens (tertiary/aromatic N) is 3. The molecule has 1 N–H and O–H groups in total. The Hall–Kier alpha value is -3.98. The first-order chi connectivity index (χ1) is 15.8. The van der Waals surface area contributed by atoms with Crippen LogP contribution in [-0.4, -0.2) is 31.6 Å². The summed E-state index contributed by atoms with van der Waals surface area (Å²) in [5.74, 6) is -0.111. The van der Waals surface area contributed by atoms with Crippen LogP contribution in [-0.2, 0) is 16.4 Å². The van der Waals surface area contributed by atoms with Crippen molar-refractivity contribution in [2.24, 2.45) is 0 Å². The highest BCUT2D eigenvalue weighted by Crippen LogP contribution is 2.22. The van der Waals surface area contributed by atoms with Crippen LogP contribution in [0.4, 0.5) is 11.7 Å². The van der Waals surface area contributed by atoms with E-state index in [1.165, 1.54) is 35.6 Å². The first kappa shape index (κ1) is 22.2. The lowest BCUT2D eigenvalue weighted by Gasteiger charge is -2.19. The van der Waals surface area contributed by atoms with Crippen molar-refractivity contribution in [2.45, 2.75) is 18.2 Å². The summed E-state index contributed by atoms with van der Waals surface area (Å²) in [7, 11) is -2.28. The van der Waals surface area contributed by atoms with Gasteiger partial charge in [-0.05, 0) is 48.9 Å². The molecule has 0 aliphatic carbocycles. The van der Waals surface area contributed by atoms with Crippen molar-refractivity contribution < 1.29 is 17.6 Å². The molecule has 0 unspecified atom stereocenters. The van der Waals surface area contributed by atoms with Gasteiger partial charge in [0.1, 0.15) is 0 Å². The van der Waals surface area contributed by atoms with E-state index in [-0.39, 0.29) is 16.5 Å². The molecular formula is C24H22N4O4S. The van der Waals surface area contributed by atoms with Crippen molar-refractivity contribution in [2.75, 3.05) is 16.7 Å². The zero-order chi connectivity index (χ0) is 23.4. The Morgan fingerprint density at radius 2 is 1.61 bits per heavy atom. The molecule has 0 bridgehead atoms. The van der Waals surface area contributed by atoms with Gasteiger partial charge in [-0.3, -0.25) is 14.4 Å². The number of carbonyl (C=O) groups is 1. The highest BCUT2D eigenvalue weighted by atomic mass is 32.2. The molecule has 168 valence electrons. The standard InChI is InChI=1S/C24H22N4O4S/c1-17-8-10-18(11-9-17)16-22-26-27-24(32-22)25-23(29)19-12-14-21(15-13-19)33(30,31)28(2)20-6-4-3-5-7-20/h3-15H,16H2,1-2H3,(H,25,27,29). The van der Waals surface area contributed by atoms with Crippen LogP contribution in [0.15, 0.2) is 88.2 Å². The van der Waals surface area contributed by atoms with Gasteiger partial charge in [-0.25, -0.2) is 8.42 Å². The summed E-state index contributed by atoms with van der Waals surface area (Å²) in [6.45, 7) is 2.01. The first-order valence-electron chi connectivity index (χ1n) is 10.2. The monoisotopic (exact) mass is 462 g/mol. The number of benzene rings is 3. The van der Waals surface area contributed by atoms with E-state index in [0.29, 0.717) is 18.0 Å². The number of nitrogens with one attached hydrogen (secondary N) is 1. The van der Waals surface area contributed by atoms with Crippen molar-refractivity contribution in [3.05, 3.63) is 101 Å².